The molecule has 0 spiro atoms. The Kier molecular flexibility index (Phi) is 6.68. The van der Waals surface area contributed by atoms with Gasteiger partial charge in [-0.1, -0.05) is 29.8 Å². The maximum Gasteiger partial charge on any atom is 0.338 e. The smallest absolute Gasteiger partial charge is 0.338 e. The number of nitrogens with one attached hydrogen (secondary N) is 2. The fourth-order valence-corrected chi connectivity index (χ4v) is 3.02. The van der Waals surface area contributed by atoms with Crippen molar-refractivity contribution in [2.75, 3.05) is 11.9 Å². The molecule has 0 saturated carbocycles. The van der Waals surface area contributed by atoms with Crippen LogP contribution in [0.5, 0.6) is 0 Å². The number of urea groups is 1. The van der Waals surface area contributed by atoms with Crippen LogP contribution >= 0.6 is 0 Å². The number of benzene rings is 2. The zero-order chi connectivity index (χ0) is 20.6. The van der Waals surface area contributed by atoms with Gasteiger partial charge in [0.25, 0.3) is 0 Å². The molecule has 0 aliphatic heterocycles. The average Bonchev–Trinajstić information content (AvgIpc) is 3.14. The number of ether oxygens (including phenoxy) is 1. The predicted molar refractivity (Wildman–Crippen MR) is 113 cm³/mol. The van der Waals surface area contributed by atoms with Crippen molar-refractivity contribution in [3.8, 4) is 0 Å². The summed E-state index contributed by atoms with van der Waals surface area (Å²) in [6.45, 7) is 5.32. The second kappa shape index (κ2) is 9.59. The molecule has 2 aromatic carbocycles. The molecule has 3 aromatic rings. The van der Waals surface area contributed by atoms with E-state index < -0.39 is 0 Å². The highest BCUT2D eigenvalue weighted by Crippen LogP contribution is 2.12. The van der Waals surface area contributed by atoms with Crippen LogP contribution < -0.4 is 10.6 Å². The van der Waals surface area contributed by atoms with Crippen LogP contribution in [0.15, 0.2) is 66.9 Å². The SMILES string of the molecule is CCOC(=O)c1ccc(NC(=O)NCc2cccn2Cc2cccc(C)c2)cc1. The Labute approximate surface area is 170 Å². The molecule has 0 unspecified atom stereocenters. The Balaban J connectivity index is 1.54. The molecule has 0 saturated heterocycles. The summed E-state index contributed by atoms with van der Waals surface area (Å²) in [6, 6.07) is 18.6. The normalized spacial score (nSPS) is 10.4. The predicted octanol–water partition coefficient (Wildman–Crippen LogP) is 4.34. The minimum absolute atomic E-state index is 0.308. The van der Waals surface area contributed by atoms with E-state index in [1.54, 1.807) is 31.2 Å². The van der Waals surface area contributed by atoms with E-state index in [0.29, 0.717) is 24.4 Å². The molecule has 6 heteroatoms. The second-order valence-electron chi connectivity index (χ2n) is 6.72. The molecule has 0 atom stereocenters. The largest absolute Gasteiger partial charge is 0.462 e. The van der Waals surface area contributed by atoms with E-state index in [1.807, 2.05) is 24.4 Å². The van der Waals surface area contributed by atoms with Crippen molar-refractivity contribution in [1.82, 2.24) is 9.88 Å². The highest BCUT2D eigenvalue weighted by atomic mass is 16.5. The Hall–Kier alpha value is -3.54. The van der Waals surface area contributed by atoms with Gasteiger partial charge >= 0.3 is 12.0 Å². The van der Waals surface area contributed by atoms with Crippen LogP contribution in [-0.2, 0) is 17.8 Å². The zero-order valence-corrected chi connectivity index (χ0v) is 16.6. The second-order valence-corrected chi connectivity index (χ2v) is 6.72. The van der Waals surface area contributed by atoms with Gasteiger partial charge in [0.2, 0.25) is 0 Å². The standard InChI is InChI=1S/C23H25N3O3/c1-3-29-22(27)19-9-11-20(12-10-19)25-23(28)24-15-21-8-5-13-26(21)16-18-7-4-6-17(2)14-18/h4-14H,3,15-16H2,1-2H3,(H2,24,25,28). The summed E-state index contributed by atoms with van der Waals surface area (Å²) >= 11 is 0. The Morgan fingerprint density at radius 3 is 2.55 bits per heavy atom. The molecule has 3 rings (SSSR count). The van der Waals surface area contributed by atoms with Crippen molar-refractivity contribution in [2.45, 2.75) is 26.9 Å². The molecule has 1 heterocycles. The summed E-state index contributed by atoms with van der Waals surface area (Å²) in [4.78, 5) is 23.9. The molecule has 0 aliphatic rings. The fraction of sp³-hybridized carbons (Fsp3) is 0.217. The Morgan fingerprint density at radius 2 is 1.83 bits per heavy atom. The molecule has 150 valence electrons. The van der Waals surface area contributed by atoms with Crippen molar-refractivity contribution in [3.05, 3.63) is 89.2 Å². The summed E-state index contributed by atoms with van der Waals surface area (Å²) in [5.41, 5.74) is 4.51. The van der Waals surface area contributed by atoms with Gasteiger partial charge in [-0.2, -0.15) is 0 Å². The number of anilines is 1. The summed E-state index contributed by atoms with van der Waals surface area (Å²) < 4.78 is 7.06. The molecule has 2 N–H and O–H groups in total. The molecular formula is C23H25N3O3. The number of rotatable bonds is 7. The first-order valence-corrected chi connectivity index (χ1v) is 9.56. The third kappa shape index (κ3) is 5.72. The average molecular weight is 391 g/mol. The van der Waals surface area contributed by atoms with Crippen molar-refractivity contribution in [2.24, 2.45) is 0 Å². The third-order valence-electron chi connectivity index (χ3n) is 4.44. The van der Waals surface area contributed by atoms with Gasteiger partial charge in [0.05, 0.1) is 18.7 Å². The van der Waals surface area contributed by atoms with Gasteiger partial charge in [-0.15, -0.1) is 0 Å². The molecule has 0 radical (unpaired) electrons. The maximum atomic E-state index is 12.2. The number of hydrogen-bond acceptors (Lipinski definition) is 3. The van der Waals surface area contributed by atoms with Crippen LogP contribution in [0.25, 0.3) is 0 Å². The van der Waals surface area contributed by atoms with Crippen LogP contribution in [0, 0.1) is 6.92 Å². The van der Waals surface area contributed by atoms with E-state index in [2.05, 4.69) is 40.3 Å². The van der Waals surface area contributed by atoms with Crippen LogP contribution in [0.4, 0.5) is 10.5 Å². The Morgan fingerprint density at radius 1 is 1.03 bits per heavy atom. The van der Waals surface area contributed by atoms with Crippen LogP contribution in [-0.4, -0.2) is 23.2 Å². The van der Waals surface area contributed by atoms with Gasteiger partial charge in [0, 0.05) is 24.1 Å². The molecule has 2 amide bonds. The highest BCUT2D eigenvalue weighted by molar-refractivity contribution is 5.92. The number of esters is 1. The van der Waals surface area contributed by atoms with Crippen molar-refractivity contribution < 1.29 is 14.3 Å². The lowest BCUT2D eigenvalue weighted by molar-refractivity contribution is 0.0526. The van der Waals surface area contributed by atoms with Crippen molar-refractivity contribution in [3.63, 3.8) is 0 Å². The van der Waals surface area contributed by atoms with Gasteiger partial charge in [0.1, 0.15) is 0 Å². The number of carbonyl (C=O) groups is 2. The summed E-state index contributed by atoms with van der Waals surface area (Å²) in [7, 11) is 0. The van der Waals surface area contributed by atoms with Crippen LogP contribution in [0.3, 0.4) is 0 Å². The minimum Gasteiger partial charge on any atom is -0.462 e. The molecule has 0 aliphatic carbocycles. The van der Waals surface area contributed by atoms with Gasteiger partial charge in [0.15, 0.2) is 0 Å². The number of nitrogens with zero attached hydrogens (tertiary/aromatic N) is 1. The highest BCUT2D eigenvalue weighted by Gasteiger charge is 2.08. The molecule has 6 nitrogen and oxygen atoms in total. The lowest BCUT2D eigenvalue weighted by atomic mass is 10.1. The van der Waals surface area contributed by atoms with E-state index in [9.17, 15) is 9.59 Å². The van der Waals surface area contributed by atoms with Gasteiger partial charge in [-0.25, -0.2) is 9.59 Å². The van der Waals surface area contributed by atoms with E-state index in [4.69, 9.17) is 4.74 Å². The Bertz CT molecular complexity index is 977. The minimum atomic E-state index is -0.377. The van der Waals surface area contributed by atoms with Crippen LogP contribution in [0.2, 0.25) is 0 Å². The van der Waals surface area contributed by atoms with Gasteiger partial charge < -0.3 is 19.9 Å². The van der Waals surface area contributed by atoms with Gasteiger partial charge in [-0.3, -0.25) is 0 Å². The first-order valence-electron chi connectivity index (χ1n) is 9.56. The maximum absolute atomic E-state index is 12.2. The first-order chi connectivity index (χ1) is 14.0. The number of aryl methyl sites for hydroxylation is 1. The molecular weight excluding hydrogens is 366 g/mol. The molecule has 1 aromatic heterocycles. The van der Waals surface area contributed by atoms with Crippen molar-refractivity contribution in [1.29, 1.82) is 0 Å². The topological polar surface area (TPSA) is 72.4 Å². The quantitative estimate of drug-likeness (QED) is 0.589. The molecule has 29 heavy (non-hydrogen) atoms. The number of aromatic nitrogens is 1. The zero-order valence-electron chi connectivity index (χ0n) is 16.6. The molecule has 0 bridgehead atoms. The fourth-order valence-electron chi connectivity index (χ4n) is 3.02. The first kappa shape index (κ1) is 20.2. The van der Waals surface area contributed by atoms with E-state index >= 15 is 0 Å². The van der Waals surface area contributed by atoms with Crippen molar-refractivity contribution >= 4 is 17.7 Å². The number of carbonyl (C=O) groups excluding carboxylic acids is 2. The third-order valence-corrected chi connectivity index (χ3v) is 4.44. The van der Waals surface area contributed by atoms with E-state index in [-0.39, 0.29) is 12.0 Å². The lowest BCUT2D eigenvalue weighted by Gasteiger charge is -2.12. The number of hydrogen-bond donors (Lipinski definition) is 2. The van der Waals surface area contributed by atoms with Crippen LogP contribution in [0.1, 0.15) is 34.1 Å². The van der Waals surface area contributed by atoms with E-state index in [1.165, 1.54) is 11.1 Å². The number of amides is 2. The van der Waals surface area contributed by atoms with E-state index in [0.717, 1.165) is 12.2 Å². The summed E-state index contributed by atoms with van der Waals surface area (Å²) in [6.07, 6.45) is 2.01. The summed E-state index contributed by atoms with van der Waals surface area (Å²) in [5, 5.41) is 5.63. The molecule has 0 fully saturated rings. The lowest BCUT2D eigenvalue weighted by Crippen LogP contribution is -2.29. The monoisotopic (exact) mass is 391 g/mol. The summed E-state index contributed by atoms with van der Waals surface area (Å²) in [5.74, 6) is -0.377. The van der Waals surface area contributed by atoms with Gasteiger partial charge in [-0.05, 0) is 55.8 Å².